The first kappa shape index (κ1) is 28.2. The number of H-pyrrole nitrogens is 1. The Labute approximate surface area is 209 Å². The quantitative estimate of drug-likeness (QED) is 0.223. The van der Waals surface area contributed by atoms with Crippen molar-refractivity contribution in [1.82, 2.24) is 20.9 Å². The van der Waals surface area contributed by atoms with Crippen molar-refractivity contribution in [1.29, 1.82) is 0 Å². The second kappa shape index (κ2) is 13.7. The maximum Gasteiger partial charge on any atom is 0.326 e. The van der Waals surface area contributed by atoms with Gasteiger partial charge in [0, 0.05) is 23.5 Å². The highest BCUT2D eigenvalue weighted by Gasteiger charge is 2.27. The zero-order valence-corrected chi connectivity index (χ0v) is 21.1. The highest BCUT2D eigenvalue weighted by atomic mass is 32.2. The summed E-state index contributed by atoms with van der Waals surface area (Å²) in [6.07, 6.45) is 4.77. The lowest BCUT2D eigenvalue weighted by Gasteiger charge is -2.23. The average molecular weight is 506 g/mol. The van der Waals surface area contributed by atoms with Gasteiger partial charge in [0.05, 0.1) is 12.6 Å². The molecule has 3 amide bonds. The van der Waals surface area contributed by atoms with Crippen LogP contribution in [0.1, 0.15) is 32.3 Å². The average Bonchev–Trinajstić information content (AvgIpc) is 3.26. The molecule has 11 heteroatoms. The van der Waals surface area contributed by atoms with Crippen LogP contribution in [0.3, 0.4) is 0 Å². The number of nitrogens with two attached hydrogens (primary N) is 1. The van der Waals surface area contributed by atoms with E-state index in [4.69, 9.17) is 5.73 Å². The largest absolute Gasteiger partial charge is 0.480 e. The van der Waals surface area contributed by atoms with E-state index in [9.17, 15) is 24.3 Å². The Kier molecular flexibility index (Phi) is 11.1. The summed E-state index contributed by atoms with van der Waals surface area (Å²) in [5, 5.41) is 18.1. The third kappa shape index (κ3) is 8.29. The lowest BCUT2D eigenvalue weighted by Crippen LogP contribution is -2.54. The molecule has 1 aromatic carbocycles. The number of benzene rings is 1. The summed E-state index contributed by atoms with van der Waals surface area (Å²) in [5.74, 6) is -2.20. The third-order valence-corrected chi connectivity index (χ3v) is 6.60. The van der Waals surface area contributed by atoms with Crippen molar-refractivity contribution in [3.05, 3.63) is 36.0 Å². The molecule has 4 atom stereocenters. The highest BCUT2D eigenvalue weighted by Crippen LogP contribution is 2.19. The fraction of sp³-hybridized carbons (Fsp3) is 0.500. The molecule has 0 fully saturated rings. The minimum Gasteiger partial charge on any atom is -0.480 e. The second-order valence-corrected chi connectivity index (χ2v) is 9.48. The van der Waals surface area contributed by atoms with Gasteiger partial charge in [0.1, 0.15) is 12.1 Å². The number of carboxylic acids is 1. The summed E-state index contributed by atoms with van der Waals surface area (Å²) in [5.41, 5.74) is 7.60. The number of hydrogen-bond donors (Lipinski definition) is 6. The molecule has 2 rings (SSSR count). The van der Waals surface area contributed by atoms with Gasteiger partial charge in [0.15, 0.2) is 0 Å². The van der Waals surface area contributed by atoms with E-state index >= 15 is 0 Å². The van der Waals surface area contributed by atoms with E-state index in [1.165, 1.54) is 11.8 Å². The fourth-order valence-corrected chi connectivity index (χ4v) is 4.01. The zero-order chi connectivity index (χ0) is 26.0. The Bertz CT molecular complexity index is 1030. The number of fused-ring (bicyclic) bond motifs is 1. The molecule has 1 heterocycles. The van der Waals surface area contributed by atoms with Crippen LogP contribution in [0.25, 0.3) is 10.9 Å². The van der Waals surface area contributed by atoms with E-state index in [0.29, 0.717) is 12.2 Å². The van der Waals surface area contributed by atoms with Crippen molar-refractivity contribution in [3.63, 3.8) is 0 Å². The highest BCUT2D eigenvalue weighted by molar-refractivity contribution is 7.98. The van der Waals surface area contributed by atoms with Crippen LogP contribution < -0.4 is 21.7 Å². The predicted molar refractivity (Wildman–Crippen MR) is 137 cm³/mol. The molecule has 0 spiro atoms. The van der Waals surface area contributed by atoms with Crippen LogP contribution in [-0.4, -0.2) is 70.5 Å². The first-order valence-electron chi connectivity index (χ1n) is 11.6. The van der Waals surface area contributed by atoms with Crippen LogP contribution >= 0.6 is 11.8 Å². The summed E-state index contributed by atoms with van der Waals surface area (Å²) in [7, 11) is 0. The van der Waals surface area contributed by atoms with Gasteiger partial charge in [-0.05, 0) is 36.0 Å². The van der Waals surface area contributed by atoms with E-state index in [0.717, 1.165) is 22.9 Å². The van der Waals surface area contributed by atoms with Gasteiger partial charge in [-0.3, -0.25) is 14.4 Å². The summed E-state index contributed by atoms with van der Waals surface area (Å²) in [6.45, 7) is 3.37. The molecular formula is C24H35N5O5S. The van der Waals surface area contributed by atoms with Crippen molar-refractivity contribution in [2.24, 2.45) is 11.7 Å². The molecule has 0 saturated heterocycles. The maximum atomic E-state index is 12.7. The third-order valence-electron chi connectivity index (χ3n) is 5.96. The molecule has 0 bridgehead atoms. The van der Waals surface area contributed by atoms with Crippen molar-refractivity contribution < 1.29 is 24.3 Å². The number of thioether (sulfide) groups is 1. The van der Waals surface area contributed by atoms with Crippen molar-refractivity contribution in [2.75, 3.05) is 18.6 Å². The van der Waals surface area contributed by atoms with Gasteiger partial charge in [-0.25, -0.2) is 4.79 Å². The Morgan fingerprint density at radius 1 is 1.11 bits per heavy atom. The number of aliphatic carboxylic acids is 1. The molecule has 0 aliphatic heterocycles. The molecule has 35 heavy (non-hydrogen) atoms. The molecular weight excluding hydrogens is 470 g/mol. The van der Waals surface area contributed by atoms with Gasteiger partial charge in [0.25, 0.3) is 0 Å². The van der Waals surface area contributed by atoms with Gasteiger partial charge in [-0.1, -0.05) is 38.5 Å². The Balaban J connectivity index is 1.95. The molecule has 2 aromatic rings. The first-order valence-corrected chi connectivity index (χ1v) is 13.0. The number of aromatic nitrogens is 1. The Hall–Kier alpha value is -3.05. The van der Waals surface area contributed by atoms with E-state index in [1.54, 1.807) is 6.20 Å². The standard InChI is InChI=1S/C24H35N5O5S/c1-4-14(2)21(25)23(32)29-18(9-10-35-3)22(31)27-13-20(30)28-19(24(33)34)11-15-12-26-17-8-6-5-7-16(15)17/h5-8,12,14,18-19,21,26H,4,9-11,13,25H2,1-3H3,(H,27,31)(H,28,30)(H,29,32)(H,33,34). The van der Waals surface area contributed by atoms with Crippen LogP contribution in [-0.2, 0) is 25.6 Å². The molecule has 1 aromatic heterocycles. The predicted octanol–water partition coefficient (Wildman–Crippen LogP) is 1.01. The molecule has 0 aliphatic carbocycles. The SMILES string of the molecule is CCC(C)C(N)C(=O)NC(CCSC)C(=O)NCC(=O)NC(Cc1c[nH]c2ccccc12)C(=O)O. The van der Waals surface area contributed by atoms with Crippen LogP contribution in [0.15, 0.2) is 30.5 Å². The zero-order valence-electron chi connectivity index (χ0n) is 20.3. The number of rotatable bonds is 14. The van der Waals surface area contributed by atoms with E-state index in [1.807, 2.05) is 44.4 Å². The summed E-state index contributed by atoms with van der Waals surface area (Å²) >= 11 is 1.52. The van der Waals surface area contributed by atoms with Crippen molar-refractivity contribution in [2.45, 2.75) is 51.2 Å². The molecule has 0 saturated carbocycles. The number of carbonyl (C=O) groups excluding carboxylic acids is 3. The smallest absolute Gasteiger partial charge is 0.326 e. The van der Waals surface area contributed by atoms with E-state index < -0.39 is 48.4 Å². The Morgan fingerprint density at radius 3 is 2.49 bits per heavy atom. The monoisotopic (exact) mass is 505 g/mol. The topological polar surface area (TPSA) is 166 Å². The molecule has 10 nitrogen and oxygen atoms in total. The number of amides is 3. The number of aromatic amines is 1. The second-order valence-electron chi connectivity index (χ2n) is 8.49. The van der Waals surface area contributed by atoms with Gasteiger partial charge >= 0.3 is 5.97 Å². The number of para-hydroxylation sites is 1. The molecule has 7 N–H and O–H groups in total. The fourth-order valence-electron chi connectivity index (χ4n) is 3.54. The Morgan fingerprint density at radius 2 is 1.83 bits per heavy atom. The minimum atomic E-state index is -1.18. The lowest BCUT2D eigenvalue weighted by atomic mass is 9.99. The van der Waals surface area contributed by atoms with Gasteiger partial charge in [-0.15, -0.1) is 0 Å². The number of carbonyl (C=O) groups is 4. The van der Waals surface area contributed by atoms with Crippen LogP contribution in [0.2, 0.25) is 0 Å². The van der Waals surface area contributed by atoms with E-state index in [2.05, 4.69) is 20.9 Å². The normalized spacial score (nSPS) is 14.5. The van der Waals surface area contributed by atoms with Gasteiger partial charge in [0.2, 0.25) is 17.7 Å². The molecule has 0 radical (unpaired) electrons. The lowest BCUT2D eigenvalue weighted by molar-refractivity contribution is -0.141. The minimum absolute atomic E-state index is 0.0462. The first-order chi connectivity index (χ1) is 16.7. The number of hydrogen-bond acceptors (Lipinski definition) is 6. The van der Waals surface area contributed by atoms with E-state index in [-0.39, 0.29) is 12.3 Å². The van der Waals surface area contributed by atoms with Crippen molar-refractivity contribution in [3.8, 4) is 0 Å². The number of carboxylic acid groups (broad SMARTS) is 1. The van der Waals surface area contributed by atoms with Crippen LogP contribution in [0.5, 0.6) is 0 Å². The summed E-state index contributed by atoms with van der Waals surface area (Å²) in [4.78, 5) is 52.4. The number of nitrogens with one attached hydrogen (secondary N) is 4. The van der Waals surface area contributed by atoms with Crippen LogP contribution in [0, 0.1) is 5.92 Å². The van der Waals surface area contributed by atoms with Crippen LogP contribution in [0.4, 0.5) is 0 Å². The molecule has 0 aliphatic rings. The maximum absolute atomic E-state index is 12.7. The molecule has 4 unspecified atom stereocenters. The van der Waals surface area contributed by atoms with Gasteiger partial charge in [-0.2, -0.15) is 11.8 Å². The van der Waals surface area contributed by atoms with Crippen molar-refractivity contribution >= 4 is 46.4 Å². The molecule has 192 valence electrons. The summed E-state index contributed by atoms with van der Waals surface area (Å²) in [6, 6.07) is 4.72. The van der Waals surface area contributed by atoms with Gasteiger partial charge < -0.3 is 31.8 Å². The summed E-state index contributed by atoms with van der Waals surface area (Å²) < 4.78 is 0.